The summed E-state index contributed by atoms with van der Waals surface area (Å²) in [5.74, 6) is -0.228. The van der Waals surface area contributed by atoms with Crippen LogP contribution in [0.1, 0.15) is 23.6 Å². The first-order valence-corrected chi connectivity index (χ1v) is 13.7. The van der Waals surface area contributed by atoms with Crippen LogP contribution in [-0.4, -0.2) is 71.0 Å². The number of benzene rings is 2. The van der Waals surface area contributed by atoms with Crippen LogP contribution in [0, 0.1) is 6.92 Å². The third kappa shape index (κ3) is 8.04. The molecule has 40 heavy (non-hydrogen) atoms. The van der Waals surface area contributed by atoms with Gasteiger partial charge in [0.05, 0.1) is 24.6 Å². The second-order valence-corrected chi connectivity index (χ2v) is 9.98. The molecule has 1 N–H and O–H groups in total. The summed E-state index contributed by atoms with van der Waals surface area (Å²) in [5, 5.41) is 2.99. The predicted molar refractivity (Wildman–Crippen MR) is 171 cm³/mol. The second kappa shape index (κ2) is 15.0. The summed E-state index contributed by atoms with van der Waals surface area (Å²) >= 11 is 0. The molecule has 1 heterocycles. The molecule has 1 aliphatic heterocycles. The smallest absolute Gasteiger partial charge is 0.247 e. The molecule has 2 aromatic rings. The van der Waals surface area contributed by atoms with Crippen LogP contribution in [0.2, 0.25) is 0 Å². The van der Waals surface area contributed by atoms with Gasteiger partial charge in [0.25, 0.3) is 0 Å². The highest BCUT2D eigenvalue weighted by Gasteiger charge is 2.19. The zero-order chi connectivity index (χ0) is 29.1. The number of likely N-dealkylation sites (N-methyl/N-ethyl adjacent to an activating group) is 1. The van der Waals surface area contributed by atoms with E-state index >= 15 is 0 Å². The first-order chi connectivity index (χ1) is 19.3. The Labute approximate surface area is 239 Å². The summed E-state index contributed by atoms with van der Waals surface area (Å²) in [6.45, 7) is 21.5. The summed E-state index contributed by atoms with van der Waals surface area (Å²) < 4.78 is 6.06. The maximum absolute atomic E-state index is 12.2. The van der Waals surface area contributed by atoms with Crippen molar-refractivity contribution in [3.8, 4) is 0 Å². The van der Waals surface area contributed by atoms with Gasteiger partial charge >= 0.3 is 0 Å². The van der Waals surface area contributed by atoms with Gasteiger partial charge in [-0.2, -0.15) is 0 Å². The maximum Gasteiger partial charge on any atom is 0.247 e. The fraction of sp³-hybridized carbons (Fsp3) is 0.333. The minimum atomic E-state index is -0.228. The summed E-state index contributed by atoms with van der Waals surface area (Å²) in [4.78, 5) is 22.9. The molecular formula is C33H43N5O2. The number of rotatable bonds is 13. The number of carbonyl (C=O) groups excluding carboxylic acids is 1. The Morgan fingerprint density at radius 2 is 1.93 bits per heavy atom. The molecule has 2 aromatic carbocycles. The standard InChI is InChI=1S/C33H43N5O2/c1-8-32(39)35-29-23-27(13-14-30(29)38-20-18-37(9-2)19-21-38)24-40-22-16-28(15-17-34-5)26(4)33-25(3)11-10-12-31(33)36(6)7/h8,10-17,23H,1,4-5,9,18-22,24H2,2-3,6-7H3,(H,35,39)/b17-15-,28-16+. The van der Waals surface area contributed by atoms with E-state index in [0.717, 1.165) is 77.6 Å². The highest BCUT2D eigenvalue weighted by atomic mass is 16.5. The predicted octanol–water partition coefficient (Wildman–Crippen LogP) is 5.70. The number of ether oxygens (including phenoxy) is 1. The molecule has 1 amide bonds. The van der Waals surface area contributed by atoms with E-state index in [1.54, 1.807) is 6.20 Å². The van der Waals surface area contributed by atoms with Gasteiger partial charge in [-0.15, -0.1) is 0 Å². The molecule has 1 saturated heterocycles. The molecule has 0 aliphatic carbocycles. The van der Waals surface area contributed by atoms with E-state index in [2.05, 4.69) is 89.1 Å². The Kier molecular flexibility index (Phi) is 11.5. The number of nitrogens with one attached hydrogen (secondary N) is 1. The molecule has 0 radical (unpaired) electrons. The fourth-order valence-corrected chi connectivity index (χ4v) is 4.85. The second-order valence-electron chi connectivity index (χ2n) is 9.98. The number of aryl methyl sites for hydroxylation is 1. The monoisotopic (exact) mass is 541 g/mol. The number of amides is 1. The van der Waals surface area contributed by atoms with Gasteiger partial charge in [0, 0.05) is 57.7 Å². The van der Waals surface area contributed by atoms with E-state index in [9.17, 15) is 4.79 Å². The molecule has 0 unspecified atom stereocenters. The Hall–Kier alpha value is -3.94. The number of piperazine rings is 1. The lowest BCUT2D eigenvalue weighted by Gasteiger charge is -2.36. The zero-order valence-corrected chi connectivity index (χ0v) is 24.4. The van der Waals surface area contributed by atoms with Gasteiger partial charge in [-0.25, -0.2) is 0 Å². The van der Waals surface area contributed by atoms with Crippen molar-refractivity contribution in [1.29, 1.82) is 0 Å². The van der Waals surface area contributed by atoms with Gasteiger partial charge in [0.1, 0.15) is 0 Å². The van der Waals surface area contributed by atoms with Crippen molar-refractivity contribution in [2.24, 2.45) is 4.99 Å². The Morgan fingerprint density at radius 1 is 1.18 bits per heavy atom. The SMILES string of the molecule is C=CC(=O)Nc1cc(COC/C=C(\C=C/N=C)C(=C)c2c(C)cccc2N(C)C)ccc1N1CCN(CC)CC1. The first kappa shape index (κ1) is 30.6. The maximum atomic E-state index is 12.2. The van der Waals surface area contributed by atoms with Crippen LogP contribution in [0.3, 0.4) is 0 Å². The number of anilines is 3. The minimum absolute atomic E-state index is 0.228. The zero-order valence-electron chi connectivity index (χ0n) is 24.4. The molecule has 0 aromatic heterocycles. The molecule has 1 fully saturated rings. The van der Waals surface area contributed by atoms with Crippen LogP contribution in [0.4, 0.5) is 17.1 Å². The van der Waals surface area contributed by atoms with Crippen molar-refractivity contribution in [3.63, 3.8) is 0 Å². The summed E-state index contributed by atoms with van der Waals surface area (Å²) in [7, 11) is 4.06. The normalized spacial score (nSPS) is 14.3. The lowest BCUT2D eigenvalue weighted by molar-refractivity contribution is -0.111. The van der Waals surface area contributed by atoms with Crippen LogP contribution >= 0.6 is 0 Å². The quantitative estimate of drug-likeness (QED) is 0.153. The average Bonchev–Trinajstić information content (AvgIpc) is 2.96. The molecule has 7 heteroatoms. The van der Waals surface area contributed by atoms with E-state index in [1.807, 2.05) is 32.3 Å². The molecule has 0 bridgehead atoms. The molecule has 212 valence electrons. The lowest BCUT2D eigenvalue weighted by Crippen LogP contribution is -2.46. The van der Waals surface area contributed by atoms with E-state index in [1.165, 1.54) is 6.08 Å². The van der Waals surface area contributed by atoms with Gasteiger partial charge in [-0.05, 0) is 72.8 Å². The summed E-state index contributed by atoms with van der Waals surface area (Å²) in [5.41, 5.74) is 7.92. The number of allylic oxidation sites excluding steroid dienone is 3. The molecule has 0 atom stereocenters. The van der Waals surface area contributed by atoms with Crippen LogP contribution in [-0.2, 0) is 16.1 Å². The van der Waals surface area contributed by atoms with Gasteiger partial charge in [-0.3, -0.25) is 9.79 Å². The molecule has 3 rings (SSSR count). The van der Waals surface area contributed by atoms with E-state index in [0.29, 0.717) is 13.2 Å². The summed E-state index contributed by atoms with van der Waals surface area (Å²) in [6.07, 6.45) is 6.87. The molecule has 0 saturated carbocycles. The number of aliphatic imine (C=N–C) groups is 1. The minimum Gasteiger partial charge on any atom is -0.377 e. The highest BCUT2D eigenvalue weighted by molar-refractivity contribution is 6.01. The average molecular weight is 542 g/mol. The van der Waals surface area contributed by atoms with Crippen molar-refractivity contribution in [2.75, 3.05) is 68.5 Å². The van der Waals surface area contributed by atoms with Crippen LogP contribution in [0.15, 0.2) is 84.5 Å². The number of nitrogens with zero attached hydrogens (tertiary/aromatic N) is 4. The van der Waals surface area contributed by atoms with Crippen LogP contribution in [0.25, 0.3) is 5.57 Å². The summed E-state index contributed by atoms with van der Waals surface area (Å²) in [6, 6.07) is 12.4. The highest BCUT2D eigenvalue weighted by Crippen LogP contribution is 2.33. The van der Waals surface area contributed by atoms with Crippen molar-refractivity contribution in [2.45, 2.75) is 20.5 Å². The lowest BCUT2D eigenvalue weighted by atomic mass is 9.93. The molecule has 0 spiro atoms. The van der Waals surface area contributed by atoms with Crippen LogP contribution < -0.4 is 15.1 Å². The Bertz CT molecular complexity index is 1270. The number of carbonyl (C=O) groups is 1. The molecular weight excluding hydrogens is 498 g/mol. The Balaban J connectivity index is 1.76. The fourth-order valence-electron chi connectivity index (χ4n) is 4.85. The van der Waals surface area contributed by atoms with Gasteiger partial charge in [0.15, 0.2) is 0 Å². The molecule has 7 nitrogen and oxygen atoms in total. The van der Waals surface area contributed by atoms with E-state index in [-0.39, 0.29) is 5.91 Å². The topological polar surface area (TPSA) is 60.4 Å². The Morgan fingerprint density at radius 3 is 2.58 bits per heavy atom. The number of hydrogen-bond donors (Lipinski definition) is 1. The van der Waals surface area contributed by atoms with Crippen molar-refractivity contribution in [1.82, 2.24) is 4.90 Å². The van der Waals surface area contributed by atoms with Crippen molar-refractivity contribution < 1.29 is 9.53 Å². The van der Waals surface area contributed by atoms with E-state index < -0.39 is 0 Å². The first-order valence-electron chi connectivity index (χ1n) is 13.7. The molecule has 1 aliphatic rings. The largest absolute Gasteiger partial charge is 0.377 e. The van der Waals surface area contributed by atoms with Crippen molar-refractivity contribution >= 4 is 35.3 Å². The third-order valence-corrected chi connectivity index (χ3v) is 7.10. The van der Waals surface area contributed by atoms with Gasteiger partial charge in [0.2, 0.25) is 5.91 Å². The number of hydrogen-bond acceptors (Lipinski definition) is 6. The van der Waals surface area contributed by atoms with Gasteiger partial charge < -0.3 is 24.8 Å². The van der Waals surface area contributed by atoms with Crippen molar-refractivity contribution in [3.05, 3.63) is 96.2 Å². The van der Waals surface area contributed by atoms with Crippen LogP contribution in [0.5, 0.6) is 0 Å². The van der Waals surface area contributed by atoms with E-state index in [4.69, 9.17) is 4.74 Å². The third-order valence-electron chi connectivity index (χ3n) is 7.10. The van der Waals surface area contributed by atoms with Gasteiger partial charge in [-0.1, -0.05) is 44.4 Å².